The summed E-state index contributed by atoms with van der Waals surface area (Å²) in [6.45, 7) is 1.26. The van der Waals surface area contributed by atoms with Crippen molar-refractivity contribution in [3.05, 3.63) is 47.5 Å². The first-order valence-corrected chi connectivity index (χ1v) is 8.55. The van der Waals surface area contributed by atoms with Crippen molar-refractivity contribution in [2.45, 2.75) is 13.0 Å². The third-order valence-corrected chi connectivity index (χ3v) is 4.54. The Morgan fingerprint density at radius 1 is 1.00 bits per heavy atom. The molecule has 0 bridgehead atoms. The van der Waals surface area contributed by atoms with Gasteiger partial charge in [-0.15, -0.1) is 0 Å². The number of hydrogen-bond acceptors (Lipinski definition) is 5. The van der Waals surface area contributed by atoms with Gasteiger partial charge in [0.15, 0.2) is 11.5 Å². The Bertz CT molecular complexity index is 899. The van der Waals surface area contributed by atoms with E-state index in [1.807, 2.05) is 18.2 Å². The summed E-state index contributed by atoms with van der Waals surface area (Å²) in [5.74, 6) is 1.26. The lowest BCUT2D eigenvalue weighted by Gasteiger charge is -2.28. The normalized spacial score (nSPS) is 14.3. The van der Waals surface area contributed by atoms with Crippen molar-refractivity contribution in [1.82, 2.24) is 4.90 Å². The summed E-state index contributed by atoms with van der Waals surface area (Å²) in [5.41, 5.74) is 3.41. The molecular formula is C19H19N3O5. The lowest BCUT2D eigenvalue weighted by atomic mass is 9.99. The summed E-state index contributed by atoms with van der Waals surface area (Å²) in [6.07, 6.45) is 0.410. The maximum atomic E-state index is 12.3. The molecule has 0 aromatic heterocycles. The minimum atomic E-state index is -0.366. The van der Waals surface area contributed by atoms with Crippen molar-refractivity contribution in [3.8, 4) is 11.5 Å². The molecule has 0 unspecified atom stereocenters. The van der Waals surface area contributed by atoms with Gasteiger partial charge in [-0.3, -0.25) is 0 Å². The summed E-state index contributed by atoms with van der Waals surface area (Å²) < 4.78 is 15.3. The molecule has 2 heterocycles. The maximum absolute atomic E-state index is 12.3. The van der Waals surface area contributed by atoms with Gasteiger partial charge in [-0.1, -0.05) is 6.07 Å². The Balaban J connectivity index is 1.42. The molecule has 0 fully saturated rings. The molecule has 0 saturated carbocycles. The van der Waals surface area contributed by atoms with E-state index in [1.165, 1.54) is 7.11 Å². The topological polar surface area (TPSA) is 89.1 Å². The van der Waals surface area contributed by atoms with Gasteiger partial charge in [0, 0.05) is 30.5 Å². The number of ether oxygens (including phenoxy) is 3. The van der Waals surface area contributed by atoms with Crippen molar-refractivity contribution in [3.63, 3.8) is 0 Å². The molecule has 2 aromatic carbocycles. The zero-order chi connectivity index (χ0) is 18.8. The summed E-state index contributed by atoms with van der Waals surface area (Å²) in [7, 11) is 1.37. The molecule has 2 aromatic rings. The molecule has 140 valence electrons. The predicted octanol–water partition coefficient (Wildman–Crippen LogP) is 3.18. The molecule has 2 aliphatic rings. The Labute approximate surface area is 156 Å². The van der Waals surface area contributed by atoms with Crippen LogP contribution in [0.1, 0.15) is 11.1 Å². The number of hydrogen-bond donors (Lipinski definition) is 2. The van der Waals surface area contributed by atoms with Crippen molar-refractivity contribution in [1.29, 1.82) is 0 Å². The second-order valence-electron chi connectivity index (χ2n) is 6.27. The third kappa shape index (κ3) is 3.59. The van der Waals surface area contributed by atoms with Crippen LogP contribution in [0.15, 0.2) is 36.4 Å². The lowest BCUT2D eigenvalue weighted by Crippen LogP contribution is -2.35. The number of nitrogens with zero attached hydrogens (tertiary/aromatic N) is 1. The fourth-order valence-electron chi connectivity index (χ4n) is 3.19. The minimum absolute atomic E-state index is 0.183. The molecule has 0 saturated heterocycles. The third-order valence-electron chi connectivity index (χ3n) is 4.54. The van der Waals surface area contributed by atoms with Crippen LogP contribution in [0, 0.1) is 0 Å². The molecular weight excluding hydrogens is 350 g/mol. The Kier molecular flexibility index (Phi) is 4.45. The summed E-state index contributed by atoms with van der Waals surface area (Å²) in [4.78, 5) is 25.7. The van der Waals surface area contributed by atoms with Crippen molar-refractivity contribution in [2.75, 3.05) is 31.1 Å². The highest BCUT2D eigenvalue weighted by atomic mass is 16.7. The molecule has 8 nitrogen and oxygen atoms in total. The van der Waals surface area contributed by atoms with Crippen molar-refractivity contribution in [2.24, 2.45) is 0 Å². The molecule has 2 aliphatic heterocycles. The van der Waals surface area contributed by atoms with Crippen molar-refractivity contribution >= 4 is 23.5 Å². The van der Waals surface area contributed by atoms with Crippen LogP contribution in [-0.2, 0) is 17.7 Å². The number of fused-ring (bicyclic) bond motifs is 2. The lowest BCUT2D eigenvalue weighted by molar-refractivity contribution is 0.118. The molecule has 8 heteroatoms. The van der Waals surface area contributed by atoms with Gasteiger partial charge in [0.05, 0.1) is 7.11 Å². The first-order chi connectivity index (χ1) is 13.1. The highest BCUT2D eigenvalue weighted by Crippen LogP contribution is 2.34. The van der Waals surface area contributed by atoms with Gasteiger partial charge in [-0.05, 0) is 41.8 Å². The van der Waals surface area contributed by atoms with E-state index in [-0.39, 0.29) is 18.9 Å². The fraction of sp³-hybridized carbons (Fsp3) is 0.263. The van der Waals surface area contributed by atoms with Crippen LogP contribution in [0.3, 0.4) is 0 Å². The van der Waals surface area contributed by atoms with E-state index < -0.39 is 0 Å². The van der Waals surface area contributed by atoms with E-state index in [2.05, 4.69) is 10.6 Å². The number of nitrogens with one attached hydrogen (secondary N) is 2. The van der Waals surface area contributed by atoms with Gasteiger partial charge >= 0.3 is 12.1 Å². The van der Waals surface area contributed by atoms with E-state index in [9.17, 15) is 9.59 Å². The second kappa shape index (κ2) is 7.06. The number of anilines is 2. The average molecular weight is 369 g/mol. The van der Waals surface area contributed by atoms with Gasteiger partial charge in [-0.25, -0.2) is 9.59 Å². The SMILES string of the molecule is COC(=O)N1CCc2ccc(NC(=O)Nc3ccc4c(c3)OCO4)cc2C1. The fourth-order valence-corrected chi connectivity index (χ4v) is 3.19. The standard InChI is InChI=1S/C19H19N3O5/c1-25-19(24)22-7-6-12-2-3-14(8-13(12)10-22)20-18(23)21-15-4-5-16-17(9-15)27-11-26-16/h2-5,8-9H,6-7,10-11H2,1H3,(H2,20,21,23). The number of rotatable bonds is 2. The number of methoxy groups -OCH3 is 1. The zero-order valence-corrected chi connectivity index (χ0v) is 14.8. The number of carbonyl (C=O) groups excluding carboxylic acids is 2. The van der Waals surface area contributed by atoms with E-state index in [0.29, 0.717) is 36.0 Å². The van der Waals surface area contributed by atoms with Crippen LogP contribution in [0.25, 0.3) is 0 Å². The van der Waals surface area contributed by atoms with Gasteiger partial charge in [0.2, 0.25) is 6.79 Å². The van der Waals surface area contributed by atoms with Gasteiger partial charge < -0.3 is 29.7 Å². The zero-order valence-electron chi connectivity index (χ0n) is 14.8. The molecule has 0 atom stereocenters. The van der Waals surface area contributed by atoms with Crippen LogP contribution in [0.5, 0.6) is 11.5 Å². The second-order valence-corrected chi connectivity index (χ2v) is 6.27. The number of amides is 3. The van der Waals surface area contributed by atoms with Crippen LogP contribution < -0.4 is 20.1 Å². The maximum Gasteiger partial charge on any atom is 0.409 e. The van der Waals surface area contributed by atoms with Crippen molar-refractivity contribution < 1.29 is 23.8 Å². The van der Waals surface area contributed by atoms with Crippen LogP contribution in [0.2, 0.25) is 0 Å². The highest BCUT2D eigenvalue weighted by Gasteiger charge is 2.21. The first kappa shape index (κ1) is 17.0. The molecule has 4 rings (SSSR count). The summed E-state index contributed by atoms with van der Waals surface area (Å²) >= 11 is 0. The largest absolute Gasteiger partial charge is 0.454 e. The Morgan fingerprint density at radius 3 is 2.56 bits per heavy atom. The van der Waals surface area contributed by atoms with Gasteiger partial charge in [-0.2, -0.15) is 0 Å². The van der Waals surface area contributed by atoms with Crippen LogP contribution in [-0.4, -0.2) is 37.5 Å². The molecule has 3 amide bonds. The first-order valence-electron chi connectivity index (χ1n) is 8.55. The minimum Gasteiger partial charge on any atom is -0.454 e. The van der Waals surface area contributed by atoms with Crippen LogP contribution >= 0.6 is 0 Å². The number of urea groups is 1. The van der Waals surface area contributed by atoms with E-state index in [4.69, 9.17) is 14.2 Å². The molecule has 27 heavy (non-hydrogen) atoms. The molecule has 0 spiro atoms. The molecule has 0 radical (unpaired) electrons. The monoisotopic (exact) mass is 369 g/mol. The number of benzene rings is 2. The summed E-state index contributed by atoms with van der Waals surface area (Å²) in [5, 5.41) is 5.58. The summed E-state index contributed by atoms with van der Waals surface area (Å²) in [6, 6.07) is 10.5. The van der Waals surface area contributed by atoms with Gasteiger partial charge in [0.25, 0.3) is 0 Å². The highest BCUT2D eigenvalue weighted by molar-refractivity contribution is 6.00. The molecule has 0 aliphatic carbocycles. The van der Waals surface area contributed by atoms with Gasteiger partial charge in [0.1, 0.15) is 0 Å². The number of carbonyl (C=O) groups is 2. The van der Waals surface area contributed by atoms with Crippen LogP contribution in [0.4, 0.5) is 21.0 Å². The van der Waals surface area contributed by atoms with E-state index in [0.717, 1.165) is 17.5 Å². The Morgan fingerprint density at radius 2 is 1.74 bits per heavy atom. The quantitative estimate of drug-likeness (QED) is 0.849. The smallest absolute Gasteiger partial charge is 0.409 e. The predicted molar refractivity (Wildman–Crippen MR) is 98.2 cm³/mol. The Hall–Kier alpha value is -3.42. The van der Waals surface area contributed by atoms with E-state index >= 15 is 0 Å². The average Bonchev–Trinajstić information content (AvgIpc) is 3.14. The molecule has 2 N–H and O–H groups in total. The van der Waals surface area contributed by atoms with E-state index in [1.54, 1.807) is 23.1 Å².